The average molecular weight is 493 g/mol. The largest absolute Gasteiger partial charge is 0.490 e. The summed E-state index contributed by atoms with van der Waals surface area (Å²) in [5, 5.41) is 3.37. The smallest absolute Gasteiger partial charge is 0.276 e. The van der Waals surface area contributed by atoms with Gasteiger partial charge in [-0.25, -0.2) is 4.39 Å². The molecule has 0 bridgehead atoms. The Morgan fingerprint density at radius 2 is 2.00 bits per heavy atom. The zero-order chi connectivity index (χ0) is 21.7. The zero-order valence-electron chi connectivity index (χ0n) is 16.7. The van der Waals surface area contributed by atoms with E-state index in [1.165, 1.54) is 6.07 Å². The van der Waals surface area contributed by atoms with Crippen LogP contribution in [0.3, 0.4) is 0 Å². The second-order valence-electron chi connectivity index (χ2n) is 6.59. The molecule has 0 spiro atoms. The molecule has 1 fully saturated rings. The Kier molecular flexibility index (Phi) is 7.44. The number of halogens is 2. The van der Waals surface area contributed by atoms with Crippen molar-refractivity contribution < 1.29 is 18.7 Å². The van der Waals surface area contributed by atoms with Gasteiger partial charge in [-0.15, -0.1) is 0 Å². The number of thiocarbonyl (C=S) groups is 1. The predicted octanol–water partition coefficient (Wildman–Crippen LogP) is 5.03. The maximum Gasteiger partial charge on any atom is 0.276 e. The molecule has 3 rings (SSSR count). The van der Waals surface area contributed by atoms with Crippen LogP contribution >= 0.6 is 28.1 Å². The first-order chi connectivity index (χ1) is 14.4. The maximum atomic E-state index is 13.9. The molecule has 1 aliphatic rings. The highest BCUT2D eigenvalue weighted by Gasteiger charge is 2.29. The molecule has 1 aliphatic heterocycles. The number of hydrogen-bond donors (Lipinski definition) is 1. The monoisotopic (exact) mass is 492 g/mol. The fourth-order valence-electron chi connectivity index (χ4n) is 3.00. The summed E-state index contributed by atoms with van der Waals surface area (Å²) in [6.07, 6.45) is 2.53. The molecule has 1 heterocycles. The van der Waals surface area contributed by atoms with E-state index in [9.17, 15) is 9.18 Å². The third-order valence-corrected chi connectivity index (χ3v) is 5.29. The number of ether oxygens (including phenoxy) is 2. The summed E-state index contributed by atoms with van der Waals surface area (Å²) in [6, 6.07) is 10.0. The van der Waals surface area contributed by atoms with Gasteiger partial charge in [-0.2, -0.15) is 0 Å². The van der Waals surface area contributed by atoms with E-state index in [1.54, 1.807) is 35.2 Å². The molecule has 5 nitrogen and oxygen atoms in total. The molecule has 1 amide bonds. The summed E-state index contributed by atoms with van der Waals surface area (Å²) < 4.78 is 26.1. The summed E-state index contributed by atoms with van der Waals surface area (Å²) in [5.74, 6) is 0.478. The van der Waals surface area contributed by atoms with Gasteiger partial charge < -0.3 is 14.8 Å². The number of carbonyl (C=O) groups excluding carboxylic acids is 1. The first kappa shape index (κ1) is 22.2. The van der Waals surface area contributed by atoms with Gasteiger partial charge in [0.2, 0.25) is 0 Å². The van der Waals surface area contributed by atoms with Gasteiger partial charge in [0.25, 0.3) is 5.91 Å². The number of carbonyl (C=O) groups is 1. The summed E-state index contributed by atoms with van der Waals surface area (Å²) in [4.78, 5) is 14.1. The van der Waals surface area contributed by atoms with Crippen molar-refractivity contribution in [2.45, 2.75) is 26.9 Å². The van der Waals surface area contributed by atoms with E-state index in [0.717, 1.165) is 12.0 Å². The molecule has 8 heteroatoms. The molecule has 1 saturated heterocycles. The molecular weight excluding hydrogens is 471 g/mol. The molecule has 0 saturated carbocycles. The highest BCUT2D eigenvalue weighted by atomic mass is 79.9. The average Bonchev–Trinajstić information content (AvgIpc) is 2.96. The quantitative estimate of drug-likeness (QED) is 0.413. The van der Waals surface area contributed by atoms with Crippen LogP contribution < -0.4 is 14.8 Å². The maximum absolute atomic E-state index is 13.9. The van der Waals surface area contributed by atoms with Crippen molar-refractivity contribution in [3.8, 4) is 11.5 Å². The minimum absolute atomic E-state index is 0.0616. The normalized spacial score (nSPS) is 14.9. The minimum Gasteiger partial charge on any atom is -0.490 e. The Hall–Kier alpha value is -2.45. The van der Waals surface area contributed by atoms with Crippen LogP contribution in [0.5, 0.6) is 11.5 Å². The lowest BCUT2D eigenvalue weighted by Crippen LogP contribution is -2.31. The van der Waals surface area contributed by atoms with Crippen molar-refractivity contribution in [3.63, 3.8) is 0 Å². The van der Waals surface area contributed by atoms with Crippen LogP contribution in [-0.4, -0.2) is 29.1 Å². The highest BCUT2D eigenvalue weighted by Crippen LogP contribution is 2.38. The van der Waals surface area contributed by atoms with E-state index in [1.807, 2.05) is 19.9 Å². The Bertz CT molecular complexity index is 996. The van der Waals surface area contributed by atoms with Gasteiger partial charge in [0.05, 0.1) is 11.1 Å². The fourth-order valence-corrected chi connectivity index (χ4v) is 3.86. The molecule has 2 aromatic carbocycles. The molecular formula is C22H22BrFN2O3S. The summed E-state index contributed by atoms with van der Waals surface area (Å²) >= 11 is 8.75. The third kappa shape index (κ3) is 4.99. The molecule has 30 heavy (non-hydrogen) atoms. The molecule has 0 aliphatic carbocycles. The van der Waals surface area contributed by atoms with Crippen molar-refractivity contribution in [2.24, 2.45) is 0 Å². The van der Waals surface area contributed by atoms with Crippen LogP contribution in [0.25, 0.3) is 6.08 Å². The molecule has 0 atom stereocenters. The summed E-state index contributed by atoms with van der Waals surface area (Å²) in [6.45, 7) is 4.91. The number of benzene rings is 2. The molecule has 2 aromatic rings. The fraction of sp³-hybridized carbons (Fsp3) is 0.273. The van der Waals surface area contributed by atoms with Crippen molar-refractivity contribution in [1.29, 1.82) is 0 Å². The molecule has 0 unspecified atom stereocenters. The molecule has 1 N–H and O–H groups in total. The lowest BCUT2D eigenvalue weighted by molar-refractivity contribution is -0.122. The Morgan fingerprint density at radius 3 is 2.70 bits per heavy atom. The van der Waals surface area contributed by atoms with Crippen LogP contribution in [0, 0.1) is 5.82 Å². The van der Waals surface area contributed by atoms with Crippen LogP contribution in [-0.2, 0) is 11.4 Å². The predicted molar refractivity (Wildman–Crippen MR) is 122 cm³/mol. The molecule has 0 aromatic heterocycles. The lowest BCUT2D eigenvalue weighted by atomic mass is 10.1. The van der Waals surface area contributed by atoms with Crippen LogP contribution in [0.15, 0.2) is 46.6 Å². The van der Waals surface area contributed by atoms with Gasteiger partial charge in [-0.05, 0) is 71.3 Å². The van der Waals surface area contributed by atoms with Gasteiger partial charge in [0, 0.05) is 12.1 Å². The zero-order valence-corrected chi connectivity index (χ0v) is 19.1. The van der Waals surface area contributed by atoms with Crippen LogP contribution in [0.4, 0.5) is 4.39 Å². The van der Waals surface area contributed by atoms with Crippen molar-refractivity contribution in [2.75, 3.05) is 13.2 Å². The number of hydrogen-bond acceptors (Lipinski definition) is 4. The molecule has 158 valence electrons. The molecule has 0 radical (unpaired) electrons. The van der Waals surface area contributed by atoms with Crippen molar-refractivity contribution >= 4 is 45.2 Å². The number of nitrogens with zero attached hydrogens (tertiary/aromatic N) is 1. The van der Waals surface area contributed by atoms with Crippen LogP contribution in [0.2, 0.25) is 0 Å². The van der Waals surface area contributed by atoms with E-state index in [2.05, 4.69) is 21.2 Å². The van der Waals surface area contributed by atoms with Gasteiger partial charge in [-0.1, -0.05) is 25.1 Å². The number of rotatable bonds is 8. The topological polar surface area (TPSA) is 50.8 Å². The van der Waals surface area contributed by atoms with E-state index >= 15 is 0 Å². The highest BCUT2D eigenvalue weighted by molar-refractivity contribution is 9.10. The standard InChI is InChI=1S/C22H22BrFN2O3S/c1-3-9-26-21(27)18(25-22(26)30)11-14-10-16(23)20(19(12-14)28-4-2)29-13-15-7-5-6-8-17(15)24/h5-8,10-12H,3-4,9,13H2,1-2H3,(H,25,30)/b18-11-. The second kappa shape index (κ2) is 10.0. The first-order valence-electron chi connectivity index (χ1n) is 9.61. The van der Waals surface area contributed by atoms with Gasteiger partial charge in [-0.3, -0.25) is 9.69 Å². The summed E-state index contributed by atoms with van der Waals surface area (Å²) in [5.41, 5.74) is 1.59. The van der Waals surface area contributed by atoms with Gasteiger partial charge in [0.15, 0.2) is 16.6 Å². The SMILES string of the molecule is CCCN1C(=O)/C(=C/c2cc(Br)c(OCc3ccccc3F)c(OCC)c2)NC1=S. The van der Waals surface area contributed by atoms with E-state index < -0.39 is 0 Å². The van der Waals surface area contributed by atoms with E-state index in [-0.39, 0.29) is 18.3 Å². The van der Waals surface area contributed by atoms with Crippen molar-refractivity contribution in [1.82, 2.24) is 10.2 Å². The van der Waals surface area contributed by atoms with E-state index in [4.69, 9.17) is 21.7 Å². The Labute approximate surface area is 189 Å². The van der Waals surface area contributed by atoms with Gasteiger partial charge >= 0.3 is 0 Å². The van der Waals surface area contributed by atoms with Crippen LogP contribution in [0.1, 0.15) is 31.4 Å². The lowest BCUT2D eigenvalue weighted by Gasteiger charge is -2.15. The van der Waals surface area contributed by atoms with Crippen molar-refractivity contribution in [3.05, 3.63) is 63.5 Å². The Balaban J connectivity index is 1.87. The number of nitrogens with one attached hydrogen (secondary N) is 1. The van der Waals surface area contributed by atoms with E-state index in [0.29, 0.717) is 45.5 Å². The second-order valence-corrected chi connectivity index (χ2v) is 7.83. The Morgan fingerprint density at radius 1 is 1.23 bits per heavy atom. The van der Waals surface area contributed by atoms with Gasteiger partial charge in [0.1, 0.15) is 18.1 Å². The first-order valence-corrected chi connectivity index (χ1v) is 10.8. The summed E-state index contributed by atoms with van der Waals surface area (Å²) in [7, 11) is 0. The minimum atomic E-state index is -0.327. The third-order valence-electron chi connectivity index (χ3n) is 4.38. The number of amides is 1.